The first-order valence-electron chi connectivity index (χ1n) is 7.82. The Morgan fingerprint density at radius 3 is 2.80 bits per heavy atom. The highest BCUT2D eigenvalue weighted by atomic mass is 35.5. The van der Waals surface area contributed by atoms with E-state index in [9.17, 15) is 4.79 Å². The Labute approximate surface area is 151 Å². The first kappa shape index (κ1) is 17.0. The second-order valence-corrected chi connectivity index (χ2v) is 6.00. The van der Waals surface area contributed by atoms with Gasteiger partial charge in [-0.1, -0.05) is 54.1 Å². The van der Waals surface area contributed by atoms with E-state index in [0.29, 0.717) is 10.8 Å². The minimum atomic E-state index is -0.328. The number of amides is 1. The Kier molecular flexibility index (Phi) is 5.31. The van der Waals surface area contributed by atoms with Gasteiger partial charge < -0.3 is 4.74 Å². The smallest absolute Gasteiger partial charge is 0.277 e. The fourth-order valence-electron chi connectivity index (χ4n) is 2.49. The molecule has 3 rings (SSSR count). The molecule has 0 spiro atoms. The Bertz CT molecular complexity index is 933. The number of carbonyl (C=O) groups excluding carboxylic acids is 1. The molecular formula is C20H17ClN2O2. The molecule has 0 atom stereocenters. The lowest BCUT2D eigenvalue weighted by Crippen LogP contribution is -2.24. The molecule has 0 fully saturated rings. The summed E-state index contributed by atoms with van der Waals surface area (Å²) in [4.78, 5) is 11.9. The van der Waals surface area contributed by atoms with Gasteiger partial charge in [0, 0.05) is 10.6 Å². The molecule has 0 saturated carbocycles. The number of fused-ring (bicyclic) bond motifs is 1. The zero-order valence-corrected chi connectivity index (χ0v) is 14.5. The van der Waals surface area contributed by atoms with Crippen LogP contribution in [0, 0.1) is 6.92 Å². The SMILES string of the molecule is Cc1cc(Cl)ccc1OCC(=O)NN=Cc1cccc2ccccc12. The van der Waals surface area contributed by atoms with Crippen LogP contribution in [0.25, 0.3) is 10.8 Å². The number of hydrazone groups is 1. The zero-order chi connectivity index (χ0) is 17.6. The van der Waals surface area contributed by atoms with Gasteiger partial charge in [0.15, 0.2) is 6.61 Å². The van der Waals surface area contributed by atoms with Crippen molar-refractivity contribution in [1.29, 1.82) is 0 Å². The molecule has 0 aromatic heterocycles. The van der Waals surface area contributed by atoms with Gasteiger partial charge >= 0.3 is 0 Å². The van der Waals surface area contributed by atoms with Crippen LogP contribution in [0.15, 0.2) is 65.8 Å². The molecule has 0 saturated heterocycles. The second kappa shape index (κ2) is 7.81. The summed E-state index contributed by atoms with van der Waals surface area (Å²) >= 11 is 5.89. The van der Waals surface area contributed by atoms with Crippen molar-refractivity contribution in [3.63, 3.8) is 0 Å². The van der Waals surface area contributed by atoms with Gasteiger partial charge in [-0.2, -0.15) is 5.10 Å². The first-order valence-corrected chi connectivity index (χ1v) is 8.20. The number of benzene rings is 3. The minimum absolute atomic E-state index is 0.116. The van der Waals surface area contributed by atoms with Crippen molar-refractivity contribution >= 4 is 34.5 Å². The standard InChI is InChI=1S/C20H17ClN2O2/c1-14-11-17(21)9-10-19(14)25-13-20(24)23-22-12-16-7-4-6-15-5-2-3-8-18(15)16/h2-12H,13H2,1H3,(H,23,24). The van der Waals surface area contributed by atoms with E-state index < -0.39 is 0 Å². The predicted molar refractivity (Wildman–Crippen MR) is 101 cm³/mol. The molecule has 4 nitrogen and oxygen atoms in total. The highest BCUT2D eigenvalue weighted by molar-refractivity contribution is 6.30. The first-order chi connectivity index (χ1) is 12.1. The molecule has 0 aliphatic carbocycles. The number of nitrogens with one attached hydrogen (secondary N) is 1. The highest BCUT2D eigenvalue weighted by Gasteiger charge is 2.04. The monoisotopic (exact) mass is 352 g/mol. The Balaban J connectivity index is 1.59. The van der Waals surface area contributed by atoms with Crippen molar-refractivity contribution in [3.8, 4) is 5.75 Å². The molecule has 0 aliphatic heterocycles. The van der Waals surface area contributed by atoms with Gasteiger partial charge in [-0.05, 0) is 41.5 Å². The lowest BCUT2D eigenvalue weighted by molar-refractivity contribution is -0.123. The summed E-state index contributed by atoms with van der Waals surface area (Å²) in [5, 5.41) is 6.85. The van der Waals surface area contributed by atoms with Crippen molar-refractivity contribution in [1.82, 2.24) is 5.43 Å². The number of carbonyl (C=O) groups is 1. The van der Waals surface area contributed by atoms with E-state index in [2.05, 4.69) is 10.5 Å². The van der Waals surface area contributed by atoms with E-state index in [-0.39, 0.29) is 12.5 Å². The second-order valence-electron chi connectivity index (χ2n) is 5.56. The van der Waals surface area contributed by atoms with Gasteiger partial charge in [0.25, 0.3) is 5.91 Å². The van der Waals surface area contributed by atoms with Crippen LogP contribution in [0.3, 0.4) is 0 Å². The number of nitrogens with zero attached hydrogens (tertiary/aromatic N) is 1. The van der Waals surface area contributed by atoms with Crippen LogP contribution in [-0.2, 0) is 4.79 Å². The Morgan fingerprint density at radius 2 is 1.96 bits per heavy atom. The topological polar surface area (TPSA) is 50.7 Å². The maximum absolute atomic E-state index is 11.9. The molecule has 1 amide bonds. The lowest BCUT2D eigenvalue weighted by atomic mass is 10.1. The minimum Gasteiger partial charge on any atom is -0.483 e. The van der Waals surface area contributed by atoms with Gasteiger partial charge in [-0.15, -0.1) is 0 Å². The average molecular weight is 353 g/mol. The predicted octanol–water partition coefficient (Wildman–Crippen LogP) is 4.33. The van der Waals surface area contributed by atoms with Crippen LogP contribution in [0.1, 0.15) is 11.1 Å². The number of hydrogen-bond acceptors (Lipinski definition) is 3. The lowest BCUT2D eigenvalue weighted by Gasteiger charge is -2.08. The number of rotatable bonds is 5. The highest BCUT2D eigenvalue weighted by Crippen LogP contribution is 2.21. The van der Waals surface area contributed by atoms with Crippen molar-refractivity contribution in [2.75, 3.05) is 6.61 Å². The summed E-state index contributed by atoms with van der Waals surface area (Å²) in [6.07, 6.45) is 1.63. The van der Waals surface area contributed by atoms with Crippen LogP contribution in [0.2, 0.25) is 5.02 Å². The van der Waals surface area contributed by atoms with E-state index >= 15 is 0 Å². The summed E-state index contributed by atoms with van der Waals surface area (Å²) in [6, 6.07) is 19.2. The van der Waals surface area contributed by atoms with Crippen LogP contribution in [-0.4, -0.2) is 18.7 Å². The number of aryl methyl sites for hydroxylation is 1. The maximum Gasteiger partial charge on any atom is 0.277 e. The van der Waals surface area contributed by atoms with Crippen LogP contribution < -0.4 is 10.2 Å². The molecule has 3 aromatic carbocycles. The van der Waals surface area contributed by atoms with E-state index in [4.69, 9.17) is 16.3 Å². The van der Waals surface area contributed by atoms with Gasteiger partial charge in [-0.3, -0.25) is 4.79 Å². The maximum atomic E-state index is 11.9. The molecule has 126 valence electrons. The van der Waals surface area contributed by atoms with E-state index in [1.54, 1.807) is 24.4 Å². The van der Waals surface area contributed by atoms with Crippen molar-refractivity contribution in [2.24, 2.45) is 5.10 Å². The largest absolute Gasteiger partial charge is 0.483 e. The molecule has 0 bridgehead atoms. The zero-order valence-electron chi connectivity index (χ0n) is 13.7. The molecule has 0 unspecified atom stereocenters. The van der Waals surface area contributed by atoms with E-state index in [1.165, 1.54) is 0 Å². The van der Waals surface area contributed by atoms with E-state index in [1.807, 2.05) is 49.4 Å². The molecular weight excluding hydrogens is 336 g/mol. The fraction of sp³-hybridized carbons (Fsp3) is 0.100. The Morgan fingerprint density at radius 1 is 1.16 bits per heavy atom. The third-order valence-corrected chi connectivity index (χ3v) is 3.95. The number of hydrogen-bond donors (Lipinski definition) is 1. The van der Waals surface area contributed by atoms with Crippen LogP contribution >= 0.6 is 11.6 Å². The van der Waals surface area contributed by atoms with Gasteiger partial charge in [0.1, 0.15) is 5.75 Å². The molecule has 3 aromatic rings. The van der Waals surface area contributed by atoms with Crippen LogP contribution in [0.5, 0.6) is 5.75 Å². The molecule has 5 heteroatoms. The summed E-state index contributed by atoms with van der Waals surface area (Å²) < 4.78 is 5.48. The van der Waals surface area contributed by atoms with Gasteiger partial charge in [0.05, 0.1) is 6.21 Å². The van der Waals surface area contributed by atoms with Crippen molar-refractivity contribution < 1.29 is 9.53 Å². The van der Waals surface area contributed by atoms with Gasteiger partial charge in [0.2, 0.25) is 0 Å². The van der Waals surface area contributed by atoms with E-state index in [0.717, 1.165) is 21.9 Å². The molecule has 25 heavy (non-hydrogen) atoms. The summed E-state index contributed by atoms with van der Waals surface area (Å²) in [5.74, 6) is 0.295. The Hall–Kier alpha value is -2.85. The quantitative estimate of drug-likeness (QED) is 0.549. The fourth-order valence-corrected chi connectivity index (χ4v) is 2.71. The summed E-state index contributed by atoms with van der Waals surface area (Å²) in [5.41, 5.74) is 4.29. The molecule has 0 radical (unpaired) electrons. The van der Waals surface area contributed by atoms with Crippen molar-refractivity contribution in [3.05, 3.63) is 76.8 Å². The number of ether oxygens (including phenoxy) is 1. The molecule has 0 aliphatic rings. The molecule has 0 heterocycles. The van der Waals surface area contributed by atoms with Crippen molar-refractivity contribution in [2.45, 2.75) is 6.92 Å². The molecule has 1 N–H and O–H groups in total. The summed E-state index contributed by atoms with van der Waals surface area (Å²) in [7, 11) is 0. The van der Waals surface area contributed by atoms with Gasteiger partial charge in [-0.25, -0.2) is 5.43 Å². The summed E-state index contributed by atoms with van der Waals surface area (Å²) in [6.45, 7) is 1.76. The van der Waals surface area contributed by atoms with Crippen LogP contribution in [0.4, 0.5) is 0 Å². The third-order valence-electron chi connectivity index (χ3n) is 3.71. The third kappa shape index (κ3) is 4.37. The number of halogens is 1. The normalized spacial score (nSPS) is 11.0. The average Bonchev–Trinajstić information content (AvgIpc) is 2.61.